The molecule has 0 bridgehead atoms. The smallest absolute Gasteiger partial charge is 0.0776 e. The van der Waals surface area contributed by atoms with E-state index < -0.39 is 8.09 Å². The van der Waals surface area contributed by atoms with E-state index >= 15 is 0 Å². The third-order valence-corrected chi connectivity index (χ3v) is 8.46. The molecule has 3 rings (SSSR count). The Morgan fingerprint density at radius 2 is 2.06 bits per heavy atom. The molecule has 0 aromatic heterocycles. The van der Waals surface area contributed by atoms with Crippen molar-refractivity contribution in [2.24, 2.45) is 4.99 Å². The zero-order valence-corrected chi connectivity index (χ0v) is 11.8. The fraction of sp³-hybridized carbons (Fsp3) is 0.364. The molecule has 0 saturated carbocycles. The summed E-state index contributed by atoms with van der Waals surface area (Å²) < 4.78 is 7.71. The molecule has 1 unspecified atom stereocenters. The summed E-state index contributed by atoms with van der Waals surface area (Å²) in [5.41, 5.74) is 3.08. The first-order valence-electron chi connectivity index (χ1n) is 5.49. The van der Waals surface area contributed by atoms with Gasteiger partial charge in [-0.05, 0) is 23.1 Å². The van der Waals surface area contributed by atoms with E-state index in [2.05, 4.69) is 27.5 Å². The van der Waals surface area contributed by atoms with E-state index in [-0.39, 0.29) is 0 Å². The monoisotopic (exact) mass is 286 g/mol. The molecule has 1 fully saturated rings. The van der Waals surface area contributed by atoms with Gasteiger partial charge in [-0.3, -0.25) is 0 Å². The maximum atomic E-state index is 5.36. The Morgan fingerprint density at radius 1 is 1.29 bits per heavy atom. The Kier molecular flexibility index (Phi) is 3.40. The summed E-state index contributed by atoms with van der Waals surface area (Å²) in [6, 6.07) is 8.27. The quantitative estimate of drug-likeness (QED) is 0.513. The third-order valence-electron chi connectivity index (χ3n) is 2.70. The lowest BCUT2D eigenvalue weighted by Gasteiger charge is -2.34. The van der Waals surface area contributed by atoms with E-state index in [0.29, 0.717) is 0 Å². The van der Waals surface area contributed by atoms with Gasteiger partial charge in [0, 0.05) is 18.0 Å². The van der Waals surface area contributed by atoms with Crippen molar-refractivity contribution in [1.82, 2.24) is 4.31 Å². The number of hydrogen-bond donors (Lipinski definition) is 1. The molecule has 17 heavy (non-hydrogen) atoms. The van der Waals surface area contributed by atoms with Crippen LogP contribution < -0.4 is 0 Å². The number of nitrogens with zero attached hydrogens (tertiary/aromatic N) is 2. The zero-order valence-electron chi connectivity index (χ0n) is 9.28. The molecular formula is C11H14N2OS3. The van der Waals surface area contributed by atoms with Crippen LogP contribution in [-0.4, -0.2) is 36.2 Å². The fourth-order valence-electron chi connectivity index (χ4n) is 1.84. The number of benzene rings is 1. The summed E-state index contributed by atoms with van der Waals surface area (Å²) in [6.07, 6.45) is 0. The van der Waals surface area contributed by atoms with Crippen molar-refractivity contribution in [3.8, 4) is 0 Å². The molecule has 1 aromatic rings. The van der Waals surface area contributed by atoms with Crippen LogP contribution in [0.1, 0.15) is 0 Å². The Balaban J connectivity index is 1.81. The molecule has 0 radical (unpaired) electrons. The minimum atomic E-state index is -1.27. The molecule has 1 aromatic carbocycles. The standard InChI is InChI=1S/C11H14N2OS3/c15-17(16-13-5-7-14-8-6-13)9-12-10-3-1-2-4-11(10)17/h1-4,9,15H,5-8H2. The zero-order chi connectivity index (χ0) is 11.7. The average molecular weight is 286 g/mol. The van der Waals surface area contributed by atoms with E-state index in [0.717, 1.165) is 32.0 Å². The van der Waals surface area contributed by atoms with Gasteiger partial charge in [0.05, 0.1) is 24.4 Å². The van der Waals surface area contributed by atoms with Gasteiger partial charge in [0.2, 0.25) is 0 Å². The lowest BCUT2D eigenvalue weighted by Crippen LogP contribution is -2.31. The second kappa shape index (κ2) is 4.85. The van der Waals surface area contributed by atoms with Gasteiger partial charge in [-0.25, -0.2) is 9.30 Å². The average Bonchev–Trinajstić information content (AvgIpc) is 2.69. The molecule has 0 spiro atoms. The predicted molar refractivity (Wildman–Crippen MR) is 79.4 cm³/mol. The first kappa shape index (κ1) is 11.9. The number of morpholine rings is 1. The Hall–Kier alpha value is -0.140. The first-order chi connectivity index (χ1) is 8.28. The molecule has 2 aliphatic heterocycles. The van der Waals surface area contributed by atoms with Gasteiger partial charge in [-0.15, -0.1) is 11.7 Å². The summed E-state index contributed by atoms with van der Waals surface area (Å²) >= 11 is 4.88. The number of aliphatic imine (C=N–C) groups is 1. The number of thiol groups is 1. The SMILES string of the molecule is SS1(SN2CCOCC2)C=Nc2ccccc21. The largest absolute Gasteiger partial charge is 0.379 e. The summed E-state index contributed by atoms with van der Waals surface area (Å²) in [5.74, 6) is 0. The predicted octanol–water partition coefficient (Wildman–Crippen LogP) is 3.26. The molecule has 3 nitrogen and oxygen atoms in total. The summed E-state index contributed by atoms with van der Waals surface area (Å²) in [6.45, 7) is 3.57. The number of rotatable bonds is 2. The molecular weight excluding hydrogens is 272 g/mol. The maximum absolute atomic E-state index is 5.36. The van der Waals surface area contributed by atoms with Gasteiger partial charge in [0.25, 0.3) is 0 Å². The normalized spacial score (nSPS) is 32.1. The fourth-order valence-corrected chi connectivity index (χ4v) is 7.41. The lowest BCUT2D eigenvalue weighted by atomic mass is 10.3. The molecule has 0 amide bonds. The van der Waals surface area contributed by atoms with Gasteiger partial charge >= 0.3 is 0 Å². The molecule has 92 valence electrons. The first-order valence-corrected chi connectivity index (χ1v) is 9.53. The molecule has 1 saturated heterocycles. The van der Waals surface area contributed by atoms with Crippen molar-refractivity contribution >= 4 is 42.0 Å². The lowest BCUT2D eigenvalue weighted by molar-refractivity contribution is 0.0779. The molecule has 2 heterocycles. The highest BCUT2D eigenvalue weighted by molar-refractivity contribution is 9.25. The van der Waals surface area contributed by atoms with Crippen LogP contribution in [0.3, 0.4) is 0 Å². The van der Waals surface area contributed by atoms with E-state index in [1.54, 1.807) is 0 Å². The number of fused-ring (bicyclic) bond motifs is 1. The van der Waals surface area contributed by atoms with Gasteiger partial charge in [-0.2, -0.15) is 0 Å². The van der Waals surface area contributed by atoms with Gasteiger partial charge in [-0.1, -0.05) is 20.2 Å². The van der Waals surface area contributed by atoms with E-state index in [4.69, 9.17) is 16.4 Å². The highest BCUT2D eigenvalue weighted by Crippen LogP contribution is 2.73. The second-order valence-electron chi connectivity index (χ2n) is 3.89. The number of para-hydroxylation sites is 1. The number of ether oxygens (including phenoxy) is 1. The minimum Gasteiger partial charge on any atom is -0.379 e. The summed E-state index contributed by atoms with van der Waals surface area (Å²) in [5, 5.41) is 0. The van der Waals surface area contributed by atoms with Crippen molar-refractivity contribution in [3.63, 3.8) is 0 Å². The van der Waals surface area contributed by atoms with Crippen molar-refractivity contribution in [2.45, 2.75) is 4.90 Å². The molecule has 6 heteroatoms. The van der Waals surface area contributed by atoms with Crippen LogP contribution in [0.15, 0.2) is 34.2 Å². The highest BCUT2D eigenvalue weighted by Gasteiger charge is 2.31. The van der Waals surface area contributed by atoms with Crippen molar-refractivity contribution in [3.05, 3.63) is 24.3 Å². The van der Waals surface area contributed by atoms with E-state index in [1.165, 1.54) is 4.90 Å². The summed E-state index contributed by atoms with van der Waals surface area (Å²) in [4.78, 5) is 5.74. The van der Waals surface area contributed by atoms with Crippen LogP contribution >= 0.6 is 30.7 Å². The Labute approximate surface area is 111 Å². The highest BCUT2D eigenvalue weighted by atomic mass is 33.5. The van der Waals surface area contributed by atoms with Gasteiger partial charge < -0.3 is 4.74 Å². The second-order valence-corrected chi connectivity index (χ2v) is 10.8. The van der Waals surface area contributed by atoms with Crippen LogP contribution in [0, 0.1) is 0 Å². The van der Waals surface area contributed by atoms with Gasteiger partial charge in [0.1, 0.15) is 0 Å². The Morgan fingerprint density at radius 3 is 2.88 bits per heavy atom. The molecule has 0 aliphatic carbocycles. The van der Waals surface area contributed by atoms with E-state index in [1.807, 2.05) is 22.6 Å². The van der Waals surface area contributed by atoms with Crippen LogP contribution in [-0.2, 0) is 4.74 Å². The van der Waals surface area contributed by atoms with Crippen molar-refractivity contribution in [1.29, 1.82) is 0 Å². The molecule has 0 N–H and O–H groups in total. The molecule has 2 aliphatic rings. The number of hydrogen-bond acceptors (Lipinski definition) is 5. The van der Waals surface area contributed by atoms with Crippen LogP contribution in [0.2, 0.25) is 0 Å². The van der Waals surface area contributed by atoms with Crippen LogP contribution in [0.4, 0.5) is 5.69 Å². The van der Waals surface area contributed by atoms with Gasteiger partial charge in [0.15, 0.2) is 0 Å². The van der Waals surface area contributed by atoms with Crippen molar-refractivity contribution < 1.29 is 4.74 Å². The van der Waals surface area contributed by atoms with Crippen molar-refractivity contribution in [2.75, 3.05) is 26.3 Å². The Bertz CT molecular complexity index is 448. The van der Waals surface area contributed by atoms with Crippen LogP contribution in [0.25, 0.3) is 0 Å². The van der Waals surface area contributed by atoms with E-state index in [9.17, 15) is 0 Å². The molecule has 1 atom stereocenters. The summed E-state index contributed by atoms with van der Waals surface area (Å²) in [7, 11) is 0.552. The van der Waals surface area contributed by atoms with Crippen LogP contribution in [0.5, 0.6) is 0 Å². The topological polar surface area (TPSA) is 24.8 Å². The maximum Gasteiger partial charge on any atom is 0.0776 e. The third kappa shape index (κ3) is 2.37. The minimum absolute atomic E-state index is 0.815.